The third kappa shape index (κ3) is 3.62. The number of hydrogen-bond donors (Lipinski definition) is 0. The average molecular weight is 429 g/mol. The summed E-state index contributed by atoms with van der Waals surface area (Å²) in [4.78, 5) is 16.0. The Morgan fingerprint density at radius 2 is 1.67 bits per heavy atom. The molecule has 5 nitrogen and oxygen atoms in total. The maximum absolute atomic E-state index is 14.0. The first-order valence-corrected chi connectivity index (χ1v) is 11.7. The maximum atomic E-state index is 14.0. The summed E-state index contributed by atoms with van der Waals surface area (Å²) in [5, 5.41) is 0. The molecule has 0 aliphatic carbocycles. The summed E-state index contributed by atoms with van der Waals surface area (Å²) in [5.41, 5.74) is 2.02. The lowest BCUT2D eigenvalue weighted by Crippen LogP contribution is -2.39. The first kappa shape index (κ1) is 20.6. The molecule has 158 valence electrons. The van der Waals surface area contributed by atoms with Gasteiger partial charge in [0.25, 0.3) is 5.91 Å². The van der Waals surface area contributed by atoms with Crippen LogP contribution >= 0.6 is 0 Å². The lowest BCUT2D eigenvalue weighted by atomic mass is 10.0. The molecule has 2 aromatic rings. The van der Waals surface area contributed by atoms with Crippen molar-refractivity contribution in [2.75, 3.05) is 18.0 Å². The standard InChI is InChI=1S/C23H25FN2O3S/c1-16(2)17-6-9-19(10-7-17)26-15-22(23(27)25-12-4-3-5-13-25)30(28,29)21-11-8-18(24)14-20(21)26/h6-11,14-16H,3-5,12-13H2,1-2H3. The Kier molecular flexibility index (Phi) is 5.40. The number of nitrogens with zero attached hydrogens (tertiary/aromatic N) is 2. The van der Waals surface area contributed by atoms with Crippen LogP contribution < -0.4 is 4.90 Å². The number of carbonyl (C=O) groups is 1. The van der Waals surface area contributed by atoms with Crippen LogP contribution in [0.4, 0.5) is 15.8 Å². The van der Waals surface area contributed by atoms with E-state index in [1.54, 1.807) is 9.80 Å². The van der Waals surface area contributed by atoms with E-state index >= 15 is 0 Å². The Hall–Kier alpha value is -2.67. The second-order valence-corrected chi connectivity index (χ2v) is 9.96. The number of sulfone groups is 1. The van der Waals surface area contributed by atoms with Crippen molar-refractivity contribution in [1.29, 1.82) is 0 Å². The zero-order valence-electron chi connectivity index (χ0n) is 17.1. The molecule has 0 radical (unpaired) electrons. The summed E-state index contributed by atoms with van der Waals surface area (Å²) < 4.78 is 40.5. The molecule has 1 fully saturated rings. The van der Waals surface area contributed by atoms with E-state index < -0.39 is 21.6 Å². The number of halogens is 1. The van der Waals surface area contributed by atoms with Crippen molar-refractivity contribution in [2.45, 2.75) is 43.9 Å². The van der Waals surface area contributed by atoms with Gasteiger partial charge in [-0.2, -0.15) is 0 Å². The van der Waals surface area contributed by atoms with E-state index in [1.165, 1.54) is 18.3 Å². The predicted octanol–water partition coefficient (Wildman–Crippen LogP) is 4.73. The number of piperidine rings is 1. The number of fused-ring (bicyclic) bond motifs is 1. The molecule has 2 aliphatic heterocycles. The highest BCUT2D eigenvalue weighted by molar-refractivity contribution is 7.96. The Labute approximate surface area is 176 Å². The smallest absolute Gasteiger partial charge is 0.267 e. The summed E-state index contributed by atoms with van der Waals surface area (Å²) in [7, 11) is -4.05. The molecule has 2 aromatic carbocycles. The van der Waals surface area contributed by atoms with Crippen LogP contribution in [-0.4, -0.2) is 32.3 Å². The van der Waals surface area contributed by atoms with Gasteiger partial charge in [-0.05, 0) is 61.1 Å². The fourth-order valence-electron chi connectivity index (χ4n) is 3.94. The maximum Gasteiger partial charge on any atom is 0.267 e. The molecule has 0 saturated carbocycles. The number of rotatable bonds is 3. The van der Waals surface area contributed by atoms with E-state index in [-0.39, 0.29) is 15.5 Å². The molecule has 4 rings (SSSR count). The lowest BCUT2D eigenvalue weighted by Gasteiger charge is -2.32. The molecule has 1 saturated heterocycles. The van der Waals surface area contributed by atoms with Crippen LogP contribution in [0.5, 0.6) is 0 Å². The van der Waals surface area contributed by atoms with Crippen LogP contribution in [0.3, 0.4) is 0 Å². The van der Waals surface area contributed by atoms with Crippen LogP contribution in [0.2, 0.25) is 0 Å². The van der Waals surface area contributed by atoms with E-state index in [0.717, 1.165) is 30.9 Å². The molecule has 1 amide bonds. The van der Waals surface area contributed by atoms with Crippen molar-refractivity contribution in [2.24, 2.45) is 0 Å². The van der Waals surface area contributed by atoms with Gasteiger partial charge in [0.1, 0.15) is 5.82 Å². The zero-order chi connectivity index (χ0) is 21.5. The molecule has 0 aromatic heterocycles. The molecule has 0 spiro atoms. The summed E-state index contributed by atoms with van der Waals surface area (Å²) in [5.74, 6) is -0.683. The number of anilines is 2. The summed E-state index contributed by atoms with van der Waals surface area (Å²) >= 11 is 0. The molecule has 30 heavy (non-hydrogen) atoms. The highest BCUT2D eigenvalue weighted by atomic mass is 32.2. The molecule has 0 N–H and O–H groups in total. The molecular formula is C23H25FN2O3S. The van der Waals surface area contributed by atoms with Crippen molar-refractivity contribution >= 4 is 27.1 Å². The molecule has 0 atom stereocenters. The Bertz CT molecular complexity index is 1100. The fourth-order valence-corrected chi connectivity index (χ4v) is 5.46. The van der Waals surface area contributed by atoms with Gasteiger partial charge in [0, 0.05) is 25.0 Å². The quantitative estimate of drug-likeness (QED) is 0.664. The van der Waals surface area contributed by atoms with Crippen molar-refractivity contribution in [3.8, 4) is 0 Å². The minimum atomic E-state index is -4.05. The van der Waals surface area contributed by atoms with Gasteiger partial charge in [-0.15, -0.1) is 0 Å². The van der Waals surface area contributed by atoms with Gasteiger partial charge < -0.3 is 9.80 Å². The lowest BCUT2D eigenvalue weighted by molar-refractivity contribution is -0.127. The largest absolute Gasteiger partial charge is 0.338 e. The SMILES string of the molecule is CC(C)c1ccc(N2C=C(C(=O)N3CCCCC3)S(=O)(=O)c3ccc(F)cc32)cc1. The summed E-state index contributed by atoms with van der Waals surface area (Å²) in [6.45, 7) is 5.26. The summed E-state index contributed by atoms with van der Waals surface area (Å²) in [6, 6.07) is 11.2. The van der Waals surface area contributed by atoms with Gasteiger partial charge >= 0.3 is 0 Å². The first-order valence-electron chi connectivity index (χ1n) is 10.2. The van der Waals surface area contributed by atoms with Gasteiger partial charge in [0.05, 0.1) is 10.6 Å². The van der Waals surface area contributed by atoms with Gasteiger partial charge in [-0.3, -0.25) is 4.79 Å². The molecule has 0 bridgehead atoms. The van der Waals surface area contributed by atoms with Crippen LogP contribution in [0.1, 0.15) is 44.6 Å². The molecule has 7 heteroatoms. The average Bonchev–Trinajstić information content (AvgIpc) is 2.74. The van der Waals surface area contributed by atoms with Crippen molar-refractivity contribution < 1.29 is 17.6 Å². The molecule has 2 aliphatic rings. The van der Waals surface area contributed by atoms with Crippen molar-refractivity contribution in [1.82, 2.24) is 4.90 Å². The monoisotopic (exact) mass is 428 g/mol. The molecule has 0 unspecified atom stereocenters. The number of likely N-dealkylation sites (tertiary alicyclic amines) is 1. The van der Waals surface area contributed by atoms with E-state index in [2.05, 4.69) is 13.8 Å². The van der Waals surface area contributed by atoms with E-state index in [0.29, 0.717) is 24.7 Å². The molecular weight excluding hydrogens is 403 g/mol. The highest BCUT2D eigenvalue weighted by Gasteiger charge is 2.38. The van der Waals surface area contributed by atoms with Gasteiger partial charge in [-0.25, -0.2) is 12.8 Å². The van der Waals surface area contributed by atoms with E-state index in [4.69, 9.17) is 0 Å². The third-order valence-electron chi connectivity index (χ3n) is 5.70. The first-order chi connectivity index (χ1) is 14.3. The van der Waals surface area contributed by atoms with Gasteiger partial charge in [0.15, 0.2) is 4.91 Å². The Morgan fingerprint density at radius 3 is 2.30 bits per heavy atom. The predicted molar refractivity (Wildman–Crippen MR) is 115 cm³/mol. The number of carbonyl (C=O) groups excluding carboxylic acids is 1. The van der Waals surface area contributed by atoms with Crippen LogP contribution in [0.25, 0.3) is 0 Å². The zero-order valence-corrected chi connectivity index (χ0v) is 18.0. The van der Waals surface area contributed by atoms with Crippen LogP contribution in [-0.2, 0) is 14.6 Å². The highest BCUT2D eigenvalue weighted by Crippen LogP contribution is 2.40. The van der Waals surface area contributed by atoms with Gasteiger partial charge in [-0.1, -0.05) is 26.0 Å². The normalized spacial score (nSPS) is 18.2. The van der Waals surface area contributed by atoms with Gasteiger partial charge in [0.2, 0.25) is 9.84 Å². The minimum Gasteiger partial charge on any atom is -0.338 e. The third-order valence-corrected chi connectivity index (χ3v) is 7.48. The topological polar surface area (TPSA) is 57.7 Å². The van der Waals surface area contributed by atoms with Crippen molar-refractivity contribution in [3.05, 3.63) is 65.0 Å². The van der Waals surface area contributed by atoms with E-state index in [9.17, 15) is 17.6 Å². The van der Waals surface area contributed by atoms with E-state index in [1.807, 2.05) is 24.3 Å². The second kappa shape index (κ2) is 7.87. The molecule has 2 heterocycles. The number of benzene rings is 2. The Morgan fingerprint density at radius 1 is 1.00 bits per heavy atom. The Balaban J connectivity index is 1.84. The van der Waals surface area contributed by atoms with Crippen LogP contribution in [0, 0.1) is 5.82 Å². The van der Waals surface area contributed by atoms with Crippen LogP contribution in [0.15, 0.2) is 58.5 Å². The minimum absolute atomic E-state index is 0.0558. The van der Waals surface area contributed by atoms with Crippen molar-refractivity contribution in [3.63, 3.8) is 0 Å². The fraction of sp³-hybridized carbons (Fsp3) is 0.348. The number of amides is 1. The summed E-state index contributed by atoms with van der Waals surface area (Å²) in [6.07, 6.45) is 4.10. The number of hydrogen-bond acceptors (Lipinski definition) is 4. The second-order valence-electron chi connectivity index (χ2n) is 8.08.